The van der Waals surface area contributed by atoms with Gasteiger partial charge in [-0.3, -0.25) is 0 Å². The van der Waals surface area contributed by atoms with E-state index in [1.807, 2.05) is 0 Å². The van der Waals surface area contributed by atoms with Crippen LogP contribution in [-0.4, -0.2) is 0 Å². The predicted octanol–water partition coefficient (Wildman–Crippen LogP) is 2.97. The molecule has 1 aromatic rings. The van der Waals surface area contributed by atoms with Gasteiger partial charge in [-0.1, -0.05) is 35.4 Å². The summed E-state index contributed by atoms with van der Waals surface area (Å²) in [6, 6.07) is 8.63. The van der Waals surface area contributed by atoms with Crippen molar-refractivity contribution in [2.45, 2.75) is 32.7 Å². The SMILES string of the molecule is CC1=C(C)C(N)c2ccccc2CC1. The Hall–Kier alpha value is -1.08. The summed E-state index contributed by atoms with van der Waals surface area (Å²) in [5.41, 5.74) is 11.7. The molecule has 1 aromatic carbocycles. The van der Waals surface area contributed by atoms with Crippen molar-refractivity contribution < 1.29 is 0 Å². The lowest BCUT2D eigenvalue weighted by molar-refractivity contribution is 0.832. The summed E-state index contributed by atoms with van der Waals surface area (Å²) >= 11 is 0. The molecular formula is C13H17N. The number of rotatable bonds is 0. The van der Waals surface area contributed by atoms with Gasteiger partial charge in [0.25, 0.3) is 0 Å². The molecule has 1 unspecified atom stereocenters. The van der Waals surface area contributed by atoms with E-state index in [2.05, 4.69) is 38.1 Å². The molecular weight excluding hydrogens is 170 g/mol. The number of hydrogen-bond acceptors (Lipinski definition) is 1. The highest BCUT2D eigenvalue weighted by molar-refractivity contribution is 5.38. The average Bonchev–Trinajstić information content (AvgIpc) is 2.32. The Morgan fingerprint density at radius 3 is 2.64 bits per heavy atom. The minimum Gasteiger partial charge on any atom is -0.321 e. The van der Waals surface area contributed by atoms with Gasteiger partial charge in [-0.2, -0.15) is 0 Å². The number of benzene rings is 1. The van der Waals surface area contributed by atoms with Crippen LogP contribution in [0.25, 0.3) is 0 Å². The average molecular weight is 187 g/mol. The first-order chi connectivity index (χ1) is 6.70. The van der Waals surface area contributed by atoms with Crippen molar-refractivity contribution in [2.24, 2.45) is 5.73 Å². The van der Waals surface area contributed by atoms with Gasteiger partial charge in [-0.15, -0.1) is 0 Å². The molecule has 0 aromatic heterocycles. The second-order valence-electron chi connectivity index (χ2n) is 4.14. The van der Waals surface area contributed by atoms with Crippen LogP contribution in [0.3, 0.4) is 0 Å². The molecule has 1 aliphatic rings. The Kier molecular flexibility index (Phi) is 2.42. The molecule has 0 fully saturated rings. The van der Waals surface area contributed by atoms with Crippen LogP contribution < -0.4 is 5.73 Å². The van der Waals surface area contributed by atoms with E-state index in [0.29, 0.717) is 0 Å². The summed E-state index contributed by atoms with van der Waals surface area (Å²) < 4.78 is 0. The molecule has 0 saturated carbocycles. The van der Waals surface area contributed by atoms with Gasteiger partial charge in [0.05, 0.1) is 6.04 Å². The summed E-state index contributed by atoms with van der Waals surface area (Å²) in [5, 5.41) is 0. The third-order valence-electron chi connectivity index (χ3n) is 3.30. The summed E-state index contributed by atoms with van der Waals surface area (Å²) in [4.78, 5) is 0. The maximum Gasteiger partial charge on any atom is 0.0513 e. The first-order valence-electron chi connectivity index (χ1n) is 5.20. The maximum atomic E-state index is 6.22. The van der Waals surface area contributed by atoms with Crippen LogP contribution in [0.5, 0.6) is 0 Å². The number of allylic oxidation sites excluding steroid dienone is 1. The summed E-state index contributed by atoms with van der Waals surface area (Å²) in [7, 11) is 0. The fraction of sp³-hybridized carbons (Fsp3) is 0.385. The molecule has 1 nitrogen and oxygen atoms in total. The van der Waals surface area contributed by atoms with Gasteiger partial charge in [-0.25, -0.2) is 0 Å². The van der Waals surface area contributed by atoms with E-state index in [1.54, 1.807) is 0 Å². The van der Waals surface area contributed by atoms with Gasteiger partial charge in [0.1, 0.15) is 0 Å². The van der Waals surface area contributed by atoms with Gasteiger partial charge in [0.15, 0.2) is 0 Å². The molecule has 1 atom stereocenters. The minimum atomic E-state index is 0.105. The molecule has 1 aliphatic carbocycles. The van der Waals surface area contributed by atoms with Crippen molar-refractivity contribution in [2.75, 3.05) is 0 Å². The van der Waals surface area contributed by atoms with E-state index >= 15 is 0 Å². The molecule has 1 heteroatoms. The highest BCUT2D eigenvalue weighted by Crippen LogP contribution is 2.30. The maximum absolute atomic E-state index is 6.22. The van der Waals surface area contributed by atoms with Crippen LogP contribution in [0.4, 0.5) is 0 Å². The van der Waals surface area contributed by atoms with Crippen molar-refractivity contribution in [3.8, 4) is 0 Å². The third-order valence-corrected chi connectivity index (χ3v) is 3.30. The van der Waals surface area contributed by atoms with Gasteiger partial charge >= 0.3 is 0 Å². The molecule has 14 heavy (non-hydrogen) atoms. The van der Waals surface area contributed by atoms with Crippen LogP contribution in [0.1, 0.15) is 37.4 Å². The van der Waals surface area contributed by atoms with Crippen molar-refractivity contribution in [3.63, 3.8) is 0 Å². The Morgan fingerprint density at radius 1 is 1.14 bits per heavy atom. The molecule has 0 amide bonds. The highest BCUT2D eigenvalue weighted by Gasteiger charge is 2.17. The molecule has 0 saturated heterocycles. The molecule has 0 radical (unpaired) electrons. The lowest BCUT2D eigenvalue weighted by Crippen LogP contribution is -2.12. The van der Waals surface area contributed by atoms with Crippen LogP contribution >= 0.6 is 0 Å². The highest BCUT2D eigenvalue weighted by atomic mass is 14.6. The van der Waals surface area contributed by atoms with Gasteiger partial charge in [0.2, 0.25) is 0 Å². The first-order valence-corrected chi connectivity index (χ1v) is 5.20. The Labute approximate surface area is 85.6 Å². The summed E-state index contributed by atoms with van der Waals surface area (Å²) in [5.74, 6) is 0. The Bertz CT molecular complexity index is 377. The molecule has 0 spiro atoms. The molecule has 0 aliphatic heterocycles. The second-order valence-corrected chi connectivity index (χ2v) is 4.14. The second kappa shape index (κ2) is 3.58. The van der Waals surface area contributed by atoms with Gasteiger partial charge < -0.3 is 5.73 Å². The monoisotopic (exact) mass is 187 g/mol. The number of aryl methyl sites for hydroxylation is 1. The van der Waals surface area contributed by atoms with E-state index in [0.717, 1.165) is 12.8 Å². The van der Waals surface area contributed by atoms with E-state index in [-0.39, 0.29) is 6.04 Å². The zero-order valence-electron chi connectivity index (χ0n) is 8.88. The number of hydrogen-bond donors (Lipinski definition) is 1. The fourth-order valence-corrected chi connectivity index (χ4v) is 2.08. The van der Waals surface area contributed by atoms with Crippen molar-refractivity contribution in [1.29, 1.82) is 0 Å². The largest absolute Gasteiger partial charge is 0.321 e. The van der Waals surface area contributed by atoms with Crippen LogP contribution in [0, 0.1) is 0 Å². The third kappa shape index (κ3) is 1.48. The molecule has 74 valence electrons. The predicted molar refractivity (Wildman–Crippen MR) is 60.1 cm³/mol. The number of nitrogens with two attached hydrogens (primary N) is 1. The van der Waals surface area contributed by atoms with E-state index in [1.165, 1.54) is 22.3 Å². The molecule has 0 bridgehead atoms. The fourth-order valence-electron chi connectivity index (χ4n) is 2.08. The van der Waals surface area contributed by atoms with E-state index < -0.39 is 0 Å². The minimum absolute atomic E-state index is 0.105. The lowest BCUT2D eigenvalue weighted by atomic mass is 9.97. The van der Waals surface area contributed by atoms with Crippen molar-refractivity contribution >= 4 is 0 Å². The summed E-state index contributed by atoms with van der Waals surface area (Å²) in [6.45, 7) is 4.35. The Balaban J connectivity index is 2.50. The molecule has 2 rings (SSSR count). The quantitative estimate of drug-likeness (QED) is 0.621. The zero-order chi connectivity index (χ0) is 10.1. The summed E-state index contributed by atoms with van der Waals surface area (Å²) in [6.07, 6.45) is 2.28. The molecule has 2 N–H and O–H groups in total. The molecule has 0 heterocycles. The lowest BCUT2D eigenvalue weighted by Gasteiger charge is -2.14. The van der Waals surface area contributed by atoms with Crippen molar-refractivity contribution in [1.82, 2.24) is 0 Å². The van der Waals surface area contributed by atoms with Crippen molar-refractivity contribution in [3.05, 3.63) is 46.5 Å². The van der Waals surface area contributed by atoms with E-state index in [9.17, 15) is 0 Å². The smallest absolute Gasteiger partial charge is 0.0513 e. The standard InChI is InChI=1S/C13H17N/c1-9-7-8-11-5-3-4-6-12(11)13(14)10(9)2/h3-6,13H,7-8,14H2,1-2H3. The zero-order valence-corrected chi connectivity index (χ0v) is 8.88. The van der Waals surface area contributed by atoms with Gasteiger partial charge in [-0.05, 0) is 37.8 Å². The Morgan fingerprint density at radius 2 is 1.86 bits per heavy atom. The topological polar surface area (TPSA) is 26.0 Å². The first kappa shape index (κ1) is 9.47. The normalized spacial score (nSPS) is 21.8. The van der Waals surface area contributed by atoms with Crippen LogP contribution in [0.2, 0.25) is 0 Å². The van der Waals surface area contributed by atoms with Gasteiger partial charge in [0, 0.05) is 0 Å². The van der Waals surface area contributed by atoms with E-state index in [4.69, 9.17) is 5.73 Å². The van der Waals surface area contributed by atoms with Crippen LogP contribution in [-0.2, 0) is 6.42 Å². The van der Waals surface area contributed by atoms with Crippen LogP contribution in [0.15, 0.2) is 35.4 Å². The number of fused-ring (bicyclic) bond motifs is 1.